The van der Waals surface area contributed by atoms with Crippen LogP contribution in [0, 0.1) is 0 Å². The van der Waals surface area contributed by atoms with Crippen LogP contribution < -0.4 is 10.6 Å². The number of rotatable bonds is 18. The largest absolute Gasteiger partial charge is 0.478 e. The number of nitrogens with zero attached hydrogens (tertiary/aromatic N) is 1. The smallest absolute Gasteiger partial charge is 0.333 e. The van der Waals surface area contributed by atoms with Crippen LogP contribution in [0.1, 0.15) is 13.8 Å². The molecule has 0 aromatic heterocycles. The number of hydrogen-bond acceptors (Lipinski definition) is 9. The number of ether oxygens (including phenoxy) is 4. The molecule has 0 fully saturated rings. The second-order valence-corrected chi connectivity index (χ2v) is 6.53. The molecule has 0 aliphatic carbocycles. The maximum Gasteiger partial charge on any atom is 0.333 e. The first-order valence-electron chi connectivity index (χ1n) is 9.58. The molecule has 0 aromatic rings. The number of carbonyl (C=O) groups excluding carboxylic acids is 2. The minimum absolute atomic E-state index is 0.208. The minimum Gasteiger partial charge on any atom is -0.478 e. The highest BCUT2D eigenvalue weighted by Crippen LogP contribution is 1.95. The topological polar surface area (TPSA) is 98.4 Å². The number of carbonyl (C=O) groups is 2. The average Bonchev–Trinajstić information content (AvgIpc) is 2.67. The van der Waals surface area contributed by atoms with E-state index in [0.717, 1.165) is 0 Å². The van der Waals surface area contributed by atoms with Gasteiger partial charge in [-0.1, -0.05) is 13.2 Å². The zero-order chi connectivity index (χ0) is 22.9. The van der Waals surface area contributed by atoms with Crippen molar-refractivity contribution in [2.75, 3.05) is 59.7 Å². The van der Waals surface area contributed by atoms with Crippen LogP contribution >= 0.6 is 0 Å². The van der Waals surface area contributed by atoms with Gasteiger partial charge in [-0.25, -0.2) is 9.59 Å². The predicted molar refractivity (Wildman–Crippen MR) is 115 cm³/mol. The van der Waals surface area contributed by atoms with Crippen molar-refractivity contribution in [3.05, 3.63) is 49.2 Å². The van der Waals surface area contributed by atoms with Gasteiger partial charge in [-0.15, -0.1) is 0 Å². The van der Waals surface area contributed by atoms with Crippen molar-refractivity contribution >= 4 is 11.9 Å². The van der Waals surface area contributed by atoms with E-state index in [1.807, 2.05) is 11.9 Å². The van der Waals surface area contributed by atoms with E-state index in [2.05, 4.69) is 36.9 Å². The molecule has 9 heteroatoms. The summed E-state index contributed by atoms with van der Waals surface area (Å²) in [5.74, 6) is -0.0144. The summed E-state index contributed by atoms with van der Waals surface area (Å²) in [6, 6.07) is 0. The molecule has 2 N–H and O–H groups in total. The van der Waals surface area contributed by atoms with E-state index in [-0.39, 0.29) is 13.2 Å². The van der Waals surface area contributed by atoms with Crippen LogP contribution in [0.25, 0.3) is 0 Å². The van der Waals surface area contributed by atoms with Gasteiger partial charge in [0.25, 0.3) is 0 Å². The van der Waals surface area contributed by atoms with Crippen LogP contribution in [-0.4, -0.2) is 76.5 Å². The second-order valence-electron chi connectivity index (χ2n) is 6.53. The second kappa shape index (κ2) is 15.9. The van der Waals surface area contributed by atoms with Gasteiger partial charge in [-0.2, -0.15) is 0 Å². The summed E-state index contributed by atoms with van der Waals surface area (Å²) in [6.07, 6.45) is 0. The van der Waals surface area contributed by atoms with Gasteiger partial charge in [0.05, 0.1) is 13.1 Å². The maximum absolute atomic E-state index is 11.2. The summed E-state index contributed by atoms with van der Waals surface area (Å²) in [5, 5.41) is 5.85. The summed E-state index contributed by atoms with van der Waals surface area (Å²) < 4.78 is 20.9. The number of nitrogens with one attached hydrogen (secondary N) is 2. The molecular weight excluding hydrogens is 390 g/mol. The van der Waals surface area contributed by atoms with E-state index < -0.39 is 11.9 Å². The Morgan fingerprint density at radius 2 is 1.07 bits per heavy atom. The Morgan fingerprint density at radius 3 is 1.40 bits per heavy atom. The van der Waals surface area contributed by atoms with Crippen molar-refractivity contribution in [1.82, 2.24) is 15.5 Å². The predicted octanol–water partition coefficient (Wildman–Crippen LogP) is 1.31. The van der Waals surface area contributed by atoms with Crippen molar-refractivity contribution < 1.29 is 28.5 Å². The van der Waals surface area contributed by atoms with E-state index in [4.69, 9.17) is 18.9 Å². The van der Waals surface area contributed by atoms with E-state index in [1.54, 1.807) is 13.8 Å². The molecule has 0 radical (unpaired) electrons. The third-order valence-electron chi connectivity index (χ3n) is 3.51. The summed E-state index contributed by atoms with van der Waals surface area (Å²) in [7, 11) is 1.94. The number of hydrogen-bond donors (Lipinski definition) is 2. The molecule has 0 rings (SSSR count). The fourth-order valence-electron chi connectivity index (χ4n) is 1.78. The number of esters is 2. The molecular formula is C21H35N3O6. The quantitative estimate of drug-likeness (QED) is 0.146. The van der Waals surface area contributed by atoms with Gasteiger partial charge < -0.3 is 29.6 Å². The van der Waals surface area contributed by atoms with Crippen LogP contribution in [0.5, 0.6) is 0 Å². The molecule has 0 aliphatic rings. The Kier molecular flexibility index (Phi) is 14.4. The Hall–Kier alpha value is -2.94. The maximum atomic E-state index is 11.2. The van der Waals surface area contributed by atoms with Crippen LogP contribution in [0.2, 0.25) is 0 Å². The third kappa shape index (κ3) is 15.0. The molecule has 0 spiro atoms. The van der Waals surface area contributed by atoms with Gasteiger partial charge in [0.15, 0.2) is 11.8 Å². The van der Waals surface area contributed by atoms with Gasteiger partial charge in [-0.05, 0) is 34.1 Å². The first-order valence-corrected chi connectivity index (χ1v) is 9.58. The summed E-state index contributed by atoms with van der Waals surface area (Å²) in [4.78, 5) is 24.5. The van der Waals surface area contributed by atoms with E-state index in [9.17, 15) is 9.59 Å². The summed E-state index contributed by atoms with van der Waals surface area (Å²) in [6.45, 7) is 21.2. The molecule has 0 saturated carbocycles. The van der Waals surface area contributed by atoms with E-state index in [0.29, 0.717) is 62.3 Å². The van der Waals surface area contributed by atoms with Crippen molar-refractivity contribution in [3.63, 3.8) is 0 Å². The normalized spacial score (nSPS) is 10.0. The van der Waals surface area contributed by atoms with Gasteiger partial charge in [-0.3, -0.25) is 4.90 Å². The standard InChI is InChI=1S/C21H35N3O6/c1-16(2)20(25)29-12-8-22-18(5)27-14-10-24(7)11-15-28-19(6)23-9-13-30-21(26)17(3)4/h22-23H,1,3,5-6,8-15H2,2,4,7H3. The molecule has 30 heavy (non-hydrogen) atoms. The Morgan fingerprint density at radius 1 is 0.700 bits per heavy atom. The number of likely N-dealkylation sites (N-methyl/N-ethyl adjacent to an activating group) is 1. The molecule has 0 saturated heterocycles. The van der Waals surface area contributed by atoms with Crippen molar-refractivity contribution in [2.45, 2.75) is 13.8 Å². The lowest BCUT2D eigenvalue weighted by molar-refractivity contribution is -0.139. The molecule has 0 amide bonds. The SMILES string of the molecule is C=C(NCCOC(=O)C(=C)C)OCCN(C)CCOC(=C)NCCOC(=O)C(=C)C. The molecule has 0 aliphatic heterocycles. The Bertz CT molecular complexity index is 566. The van der Waals surface area contributed by atoms with E-state index in [1.165, 1.54) is 0 Å². The first-order chi connectivity index (χ1) is 14.1. The molecule has 0 bridgehead atoms. The summed E-state index contributed by atoms with van der Waals surface area (Å²) >= 11 is 0. The Labute approximate surface area is 179 Å². The lowest BCUT2D eigenvalue weighted by Crippen LogP contribution is -2.29. The first kappa shape index (κ1) is 27.1. The fourth-order valence-corrected chi connectivity index (χ4v) is 1.78. The minimum atomic E-state index is -0.420. The summed E-state index contributed by atoms with van der Waals surface area (Å²) in [5.41, 5.74) is 0.723. The van der Waals surface area contributed by atoms with Crippen LogP contribution in [-0.2, 0) is 28.5 Å². The fraction of sp³-hybridized carbons (Fsp3) is 0.524. The van der Waals surface area contributed by atoms with E-state index >= 15 is 0 Å². The van der Waals surface area contributed by atoms with Crippen molar-refractivity contribution in [2.24, 2.45) is 0 Å². The molecule has 9 nitrogen and oxygen atoms in total. The molecule has 0 aromatic carbocycles. The highest BCUT2D eigenvalue weighted by molar-refractivity contribution is 5.87. The van der Waals surface area contributed by atoms with Gasteiger partial charge >= 0.3 is 11.9 Å². The molecule has 0 atom stereocenters. The van der Waals surface area contributed by atoms with Crippen molar-refractivity contribution in [1.29, 1.82) is 0 Å². The highest BCUT2D eigenvalue weighted by atomic mass is 16.5. The monoisotopic (exact) mass is 425 g/mol. The zero-order valence-corrected chi connectivity index (χ0v) is 18.4. The third-order valence-corrected chi connectivity index (χ3v) is 3.51. The van der Waals surface area contributed by atoms with Crippen LogP contribution in [0.15, 0.2) is 49.2 Å². The van der Waals surface area contributed by atoms with Crippen LogP contribution in [0.4, 0.5) is 0 Å². The average molecular weight is 426 g/mol. The lowest BCUT2D eigenvalue weighted by Gasteiger charge is -2.19. The van der Waals surface area contributed by atoms with Gasteiger partial charge in [0.2, 0.25) is 0 Å². The Balaban J connectivity index is 3.65. The van der Waals surface area contributed by atoms with Gasteiger partial charge in [0.1, 0.15) is 26.4 Å². The van der Waals surface area contributed by atoms with Crippen LogP contribution in [0.3, 0.4) is 0 Å². The molecule has 170 valence electrons. The zero-order valence-electron chi connectivity index (χ0n) is 18.4. The lowest BCUT2D eigenvalue weighted by atomic mass is 10.4. The van der Waals surface area contributed by atoms with Gasteiger partial charge in [0, 0.05) is 24.2 Å². The molecule has 0 unspecified atom stereocenters. The van der Waals surface area contributed by atoms with Crippen molar-refractivity contribution in [3.8, 4) is 0 Å². The molecule has 0 heterocycles. The highest BCUT2D eigenvalue weighted by Gasteiger charge is 2.04.